The Labute approximate surface area is 187 Å². The second-order valence-electron chi connectivity index (χ2n) is 9.23. The highest BCUT2D eigenvalue weighted by atomic mass is 16.6. The van der Waals surface area contributed by atoms with E-state index in [1.54, 1.807) is 33.0 Å². The maximum Gasteiger partial charge on any atom is 0.419 e. The van der Waals surface area contributed by atoms with Crippen molar-refractivity contribution >= 4 is 23.1 Å². The Morgan fingerprint density at radius 1 is 1.09 bits per heavy atom. The SMILES string of the molecule is CC(C)(C)OC(=O)NCC#Cc1ccc2c(-c3cccn3C(=O)OC(C)(C)C)n[nH]c2c1. The Morgan fingerprint density at radius 2 is 1.81 bits per heavy atom. The van der Waals surface area contributed by atoms with Gasteiger partial charge in [-0.3, -0.25) is 9.67 Å². The molecule has 2 heterocycles. The van der Waals surface area contributed by atoms with Crippen LogP contribution < -0.4 is 5.32 Å². The summed E-state index contributed by atoms with van der Waals surface area (Å²) in [5.41, 5.74) is 1.67. The van der Waals surface area contributed by atoms with Crippen LogP contribution in [0, 0.1) is 11.8 Å². The number of benzene rings is 1. The predicted octanol–water partition coefficient (Wildman–Crippen LogP) is 4.69. The van der Waals surface area contributed by atoms with Crippen LogP contribution in [0.4, 0.5) is 9.59 Å². The second-order valence-corrected chi connectivity index (χ2v) is 9.23. The van der Waals surface area contributed by atoms with Gasteiger partial charge in [0.1, 0.15) is 16.9 Å². The van der Waals surface area contributed by atoms with Crippen LogP contribution in [0.15, 0.2) is 36.5 Å². The summed E-state index contributed by atoms with van der Waals surface area (Å²) in [6, 6.07) is 9.22. The molecule has 0 fully saturated rings. The molecule has 0 saturated heterocycles. The van der Waals surface area contributed by atoms with Gasteiger partial charge in [-0.05, 0) is 71.9 Å². The molecule has 3 aromatic rings. The number of ether oxygens (including phenoxy) is 2. The van der Waals surface area contributed by atoms with E-state index in [0.29, 0.717) is 11.4 Å². The zero-order valence-corrected chi connectivity index (χ0v) is 19.2. The molecule has 8 nitrogen and oxygen atoms in total. The van der Waals surface area contributed by atoms with Crippen LogP contribution >= 0.6 is 0 Å². The zero-order chi connectivity index (χ0) is 23.5. The Balaban J connectivity index is 1.75. The minimum Gasteiger partial charge on any atom is -0.444 e. The van der Waals surface area contributed by atoms with Gasteiger partial charge < -0.3 is 14.8 Å². The third-order valence-electron chi connectivity index (χ3n) is 4.10. The lowest BCUT2D eigenvalue weighted by atomic mass is 10.1. The summed E-state index contributed by atoms with van der Waals surface area (Å²) < 4.78 is 12.1. The number of amides is 1. The van der Waals surface area contributed by atoms with Crippen LogP contribution in [-0.4, -0.2) is 44.7 Å². The number of aromatic nitrogens is 3. The summed E-state index contributed by atoms with van der Waals surface area (Å²) >= 11 is 0. The van der Waals surface area contributed by atoms with Gasteiger partial charge in [-0.2, -0.15) is 5.10 Å². The van der Waals surface area contributed by atoms with Crippen LogP contribution in [-0.2, 0) is 9.47 Å². The normalized spacial score (nSPS) is 11.6. The van der Waals surface area contributed by atoms with E-state index >= 15 is 0 Å². The van der Waals surface area contributed by atoms with Crippen LogP contribution in [0.5, 0.6) is 0 Å². The number of hydrogen-bond acceptors (Lipinski definition) is 5. The summed E-state index contributed by atoms with van der Waals surface area (Å²) in [4.78, 5) is 24.2. The van der Waals surface area contributed by atoms with Gasteiger partial charge in [0.25, 0.3) is 0 Å². The van der Waals surface area contributed by atoms with Gasteiger partial charge in [0.15, 0.2) is 0 Å². The van der Waals surface area contributed by atoms with Gasteiger partial charge in [0.05, 0.1) is 17.8 Å². The largest absolute Gasteiger partial charge is 0.444 e. The second kappa shape index (κ2) is 8.79. The highest BCUT2D eigenvalue weighted by Gasteiger charge is 2.21. The quantitative estimate of drug-likeness (QED) is 0.568. The molecule has 0 radical (unpaired) electrons. The van der Waals surface area contributed by atoms with E-state index in [4.69, 9.17) is 9.47 Å². The number of rotatable bonds is 2. The fourth-order valence-corrected chi connectivity index (χ4v) is 2.91. The maximum absolute atomic E-state index is 12.5. The number of fused-ring (bicyclic) bond motifs is 1. The molecule has 0 bridgehead atoms. The van der Waals surface area contributed by atoms with Crippen molar-refractivity contribution < 1.29 is 19.1 Å². The molecule has 32 heavy (non-hydrogen) atoms. The molecule has 8 heteroatoms. The number of hydrogen-bond donors (Lipinski definition) is 2. The molecule has 0 saturated carbocycles. The van der Waals surface area contributed by atoms with Gasteiger partial charge >= 0.3 is 12.2 Å². The lowest BCUT2D eigenvalue weighted by Gasteiger charge is -2.20. The minimum atomic E-state index is -0.599. The maximum atomic E-state index is 12.5. The molecular formula is C24H28N4O4. The molecular weight excluding hydrogens is 408 g/mol. The molecule has 2 aromatic heterocycles. The third-order valence-corrected chi connectivity index (χ3v) is 4.10. The first-order chi connectivity index (χ1) is 14.9. The number of alkyl carbamates (subject to hydrolysis) is 1. The van der Waals surface area contributed by atoms with Crippen molar-refractivity contribution in [3.63, 3.8) is 0 Å². The first-order valence-electron chi connectivity index (χ1n) is 10.3. The topological polar surface area (TPSA) is 98.2 Å². The molecule has 0 aliphatic carbocycles. The summed E-state index contributed by atoms with van der Waals surface area (Å²) in [6.07, 6.45) is 0.684. The number of aromatic amines is 1. The Morgan fingerprint density at radius 3 is 2.50 bits per heavy atom. The predicted molar refractivity (Wildman–Crippen MR) is 122 cm³/mol. The zero-order valence-electron chi connectivity index (χ0n) is 19.2. The van der Waals surface area contributed by atoms with E-state index in [1.807, 2.05) is 45.0 Å². The van der Waals surface area contributed by atoms with Crippen molar-refractivity contribution in [3.8, 4) is 23.2 Å². The summed E-state index contributed by atoms with van der Waals surface area (Å²) in [5, 5.41) is 10.8. The molecule has 0 spiro atoms. The number of carbonyl (C=O) groups excluding carboxylic acids is 2. The van der Waals surface area contributed by atoms with Crippen molar-refractivity contribution in [1.82, 2.24) is 20.1 Å². The molecule has 3 rings (SSSR count). The first kappa shape index (κ1) is 22.9. The van der Waals surface area contributed by atoms with Crippen molar-refractivity contribution in [2.75, 3.05) is 6.54 Å². The third kappa shape index (κ3) is 5.91. The van der Waals surface area contributed by atoms with E-state index in [-0.39, 0.29) is 6.54 Å². The average Bonchev–Trinajstić information content (AvgIpc) is 3.28. The average molecular weight is 437 g/mol. The fraction of sp³-hybridized carbons (Fsp3) is 0.375. The fourth-order valence-electron chi connectivity index (χ4n) is 2.91. The van der Waals surface area contributed by atoms with Gasteiger partial charge in [0.2, 0.25) is 0 Å². The number of carbonyl (C=O) groups is 2. The molecule has 0 aliphatic heterocycles. The Kier molecular flexibility index (Phi) is 6.30. The van der Waals surface area contributed by atoms with Crippen molar-refractivity contribution in [2.45, 2.75) is 52.7 Å². The Bertz CT molecular complexity index is 1200. The van der Waals surface area contributed by atoms with Crippen LogP contribution in [0.1, 0.15) is 47.1 Å². The number of H-pyrrole nitrogens is 1. The van der Waals surface area contributed by atoms with Crippen molar-refractivity contribution in [1.29, 1.82) is 0 Å². The minimum absolute atomic E-state index is 0.171. The van der Waals surface area contributed by atoms with E-state index in [9.17, 15) is 9.59 Å². The van der Waals surface area contributed by atoms with Gasteiger partial charge in [-0.15, -0.1) is 0 Å². The van der Waals surface area contributed by atoms with E-state index in [1.165, 1.54) is 4.57 Å². The molecule has 168 valence electrons. The van der Waals surface area contributed by atoms with E-state index in [2.05, 4.69) is 27.4 Å². The molecule has 0 unspecified atom stereocenters. The smallest absolute Gasteiger partial charge is 0.419 e. The van der Waals surface area contributed by atoms with Crippen LogP contribution in [0.2, 0.25) is 0 Å². The highest BCUT2D eigenvalue weighted by molar-refractivity contribution is 5.94. The van der Waals surface area contributed by atoms with Crippen molar-refractivity contribution in [2.24, 2.45) is 0 Å². The van der Waals surface area contributed by atoms with Crippen molar-refractivity contribution in [3.05, 3.63) is 42.1 Å². The van der Waals surface area contributed by atoms with E-state index < -0.39 is 23.4 Å². The summed E-state index contributed by atoms with van der Waals surface area (Å²) in [5.74, 6) is 5.91. The first-order valence-corrected chi connectivity index (χ1v) is 10.3. The number of nitrogens with zero attached hydrogens (tertiary/aromatic N) is 2. The monoisotopic (exact) mass is 436 g/mol. The standard InChI is InChI=1S/C24H28N4O4/c1-23(2,3)31-21(29)25-13-7-9-16-11-12-17-18(15-16)26-27-20(17)19-10-8-14-28(19)22(30)32-24(4,5)6/h8,10-12,14-15H,13H2,1-6H3,(H,25,29)(H,26,27). The van der Waals surface area contributed by atoms with E-state index in [0.717, 1.165) is 16.5 Å². The lowest BCUT2D eigenvalue weighted by molar-refractivity contribution is 0.0526. The van der Waals surface area contributed by atoms with Gasteiger partial charge in [-0.1, -0.05) is 11.8 Å². The highest BCUT2D eigenvalue weighted by Crippen LogP contribution is 2.28. The number of nitrogens with one attached hydrogen (secondary N) is 2. The molecule has 2 N–H and O–H groups in total. The molecule has 1 aromatic carbocycles. The van der Waals surface area contributed by atoms with Gasteiger partial charge in [-0.25, -0.2) is 9.59 Å². The summed E-state index contributed by atoms with van der Waals surface area (Å²) in [7, 11) is 0. The molecule has 0 atom stereocenters. The van der Waals surface area contributed by atoms with Gasteiger partial charge in [0, 0.05) is 17.1 Å². The lowest BCUT2D eigenvalue weighted by Crippen LogP contribution is -2.32. The molecule has 1 amide bonds. The van der Waals surface area contributed by atoms with Crippen LogP contribution in [0.3, 0.4) is 0 Å². The van der Waals surface area contributed by atoms with Crippen LogP contribution in [0.25, 0.3) is 22.3 Å². The summed E-state index contributed by atoms with van der Waals surface area (Å²) in [6.45, 7) is 11.0. The molecule has 0 aliphatic rings. The Hall–Kier alpha value is -3.73.